The van der Waals surface area contributed by atoms with Crippen molar-refractivity contribution in [3.63, 3.8) is 0 Å². The van der Waals surface area contributed by atoms with Gasteiger partial charge in [0.25, 0.3) is 0 Å². The zero-order valence-corrected chi connectivity index (χ0v) is 8.82. The van der Waals surface area contributed by atoms with Crippen LogP contribution in [0.1, 0.15) is 26.7 Å². The number of rotatable bonds is 7. The quantitative estimate of drug-likeness (QED) is 0.579. The van der Waals surface area contributed by atoms with E-state index in [2.05, 4.69) is 0 Å². The summed E-state index contributed by atoms with van der Waals surface area (Å²) in [6, 6.07) is -0.436. The maximum Gasteiger partial charge on any atom is 0.234 e. The van der Waals surface area contributed by atoms with Gasteiger partial charge in [-0.2, -0.15) is 0 Å². The third kappa shape index (κ3) is 4.81. The third-order valence-electron chi connectivity index (χ3n) is 2.12. The SMILES string of the molecule is CCCCN(CC(N)=O)C(C)C(N)=O. The summed E-state index contributed by atoms with van der Waals surface area (Å²) >= 11 is 0. The molecule has 5 heteroatoms. The first kappa shape index (κ1) is 12.9. The highest BCUT2D eigenvalue weighted by molar-refractivity contribution is 5.81. The summed E-state index contributed by atoms with van der Waals surface area (Å²) in [6.07, 6.45) is 1.92. The number of amides is 2. The second kappa shape index (κ2) is 6.37. The van der Waals surface area contributed by atoms with Crippen molar-refractivity contribution >= 4 is 11.8 Å². The minimum atomic E-state index is -0.436. The van der Waals surface area contributed by atoms with Gasteiger partial charge in [0.05, 0.1) is 12.6 Å². The molecule has 0 radical (unpaired) electrons. The lowest BCUT2D eigenvalue weighted by Crippen LogP contribution is -2.46. The van der Waals surface area contributed by atoms with E-state index in [1.807, 2.05) is 6.92 Å². The molecule has 0 aliphatic carbocycles. The van der Waals surface area contributed by atoms with Gasteiger partial charge in [-0.15, -0.1) is 0 Å². The fourth-order valence-electron chi connectivity index (χ4n) is 1.15. The first-order chi connectivity index (χ1) is 6.49. The van der Waals surface area contributed by atoms with E-state index in [1.165, 1.54) is 0 Å². The molecule has 0 aliphatic heterocycles. The largest absolute Gasteiger partial charge is 0.369 e. The van der Waals surface area contributed by atoms with Crippen LogP contribution in [0.4, 0.5) is 0 Å². The highest BCUT2D eigenvalue weighted by Gasteiger charge is 2.19. The first-order valence-electron chi connectivity index (χ1n) is 4.80. The Morgan fingerprint density at radius 1 is 1.36 bits per heavy atom. The summed E-state index contributed by atoms with van der Waals surface area (Å²) in [5.74, 6) is -0.864. The van der Waals surface area contributed by atoms with E-state index in [0.717, 1.165) is 12.8 Å². The van der Waals surface area contributed by atoms with Gasteiger partial charge in [-0.05, 0) is 19.9 Å². The van der Waals surface area contributed by atoms with Crippen LogP contribution in [0.2, 0.25) is 0 Å². The summed E-state index contributed by atoms with van der Waals surface area (Å²) in [4.78, 5) is 23.3. The van der Waals surface area contributed by atoms with Crippen molar-refractivity contribution in [2.75, 3.05) is 13.1 Å². The average molecular weight is 201 g/mol. The molecule has 82 valence electrons. The Balaban J connectivity index is 4.22. The molecule has 1 unspecified atom stereocenters. The Hall–Kier alpha value is -1.10. The van der Waals surface area contributed by atoms with Crippen LogP contribution in [-0.4, -0.2) is 35.8 Å². The monoisotopic (exact) mass is 201 g/mol. The van der Waals surface area contributed by atoms with Crippen molar-refractivity contribution in [2.45, 2.75) is 32.7 Å². The second-order valence-electron chi connectivity index (χ2n) is 3.37. The Kier molecular flexibility index (Phi) is 5.87. The smallest absolute Gasteiger partial charge is 0.234 e. The van der Waals surface area contributed by atoms with Crippen LogP contribution in [0.15, 0.2) is 0 Å². The molecule has 0 spiro atoms. The van der Waals surface area contributed by atoms with Crippen molar-refractivity contribution in [2.24, 2.45) is 11.5 Å². The molecule has 14 heavy (non-hydrogen) atoms. The maximum atomic E-state index is 10.9. The molecule has 0 aliphatic rings. The molecular weight excluding hydrogens is 182 g/mol. The van der Waals surface area contributed by atoms with Crippen molar-refractivity contribution in [1.82, 2.24) is 4.90 Å². The Morgan fingerprint density at radius 3 is 2.29 bits per heavy atom. The predicted octanol–water partition coefficient (Wildman–Crippen LogP) is -0.552. The molecule has 0 saturated heterocycles. The van der Waals surface area contributed by atoms with Crippen molar-refractivity contribution in [1.29, 1.82) is 0 Å². The maximum absolute atomic E-state index is 10.9. The molecule has 2 amide bonds. The van der Waals surface area contributed by atoms with Gasteiger partial charge in [0.1, 0.15) is 0 Å². The second-order valence-corrected chi connectivity index (χ2v) is 3.37. The first-order valence-corrected chi connectivity index (χ1v) is 4.80. The molecular formula is C9H19N3O2. The fraction of sp³-hybridized carbons (Fsp3) is 0.778. The summed E-state index contributed by atoms with van der Waals surface area (Å²) < 4.78 is 0. The van der Waals surface area contributed by atoms with E-state index >= 15 is 0 Å². The number of hydrogen-bond acceptors (Lipinski definition) is 3. The van der Waals surface area contributed by atoms with E-state index in [0.29, 0.717) is 6.54 Å². The Bertz CT molecular complexity index is 206. The minimum Gasteiger partial charge on any atom is -0.369 e. The van der Waals surface area contributed by atoms with Gasteiger partial charge in [-0.25, -0.2) is 0 Å². The summed E-state index contributed by atoms with van der Waals surface area (Å²) in [7, 11) is 0. The number of primary amides is 2. The number of nitrogens with zero attached hydrogens (tertiary/aromatic N) is 1. The van der Waals surface area contributed by atoms with Crippen molar-refractivity contribution in [3.05, 3.63) is 0 Å². The lowest BCUT2D eigenvalue weighted by atomic mass is 10.2. The lowest BCUT2D eigenvalue weighted by molar-refractivity contribution is -0.125. The zero-order valence-electron chi connectivity index (χ0n) is 8.82. The van der Waals surface area contributed by atoms with Gasteiger partial charge in [0, 0.05) is 0 Å². The van der Waals surface area contributed by atoms with Gasteiger partial charge in [-0.1, -0.05) is 13.3 Å². The van der Waals surface area contributed by atoms with Gasteiger partial charge >= 0.3 is 0 Å². The van der Waals surface area contributed by atoms with Crippen LogP contribution in [-0.2, 0) is 9.59 Å². The summed E-state index contributed by atoms with van der Waals surface area (Å²) in [5.41, 5.74) is 10.2. The van der Waals surface area contributed by atoms with Crippen LogP contribution >= 0.6 is 0 Å². The fourth-order valence-corrected chi connectivity index (χ4v) is 1.15. The Labute approximate surface area is 84.4 Å². The van der Waals surface area contributed by atoms with E-state index in [9.17, 15) is 9.59 Å². The number of carbonyl (C=O) groups is 2. The van der Waals surface area contributed by atoms with Gasteiger partial charge in [0.2, 0.25) is 11.8 Å². The lowest BCUT2D eigenvalue weighted by Gasteiger charge is -2.25. The highest BCUT2D eigenvalue weighted by atomic mass is 16.2. The number of carbonyl (C=O) groups excluding carboxylic acids is 2. The molecule has 0 heterocycles. The molecule has 0 bridgehead atoms. The molecule has 0 aromatic carbocycles. The van der Waals surface area contributed by atoms with E-state index in [4.69, 9.17) is 11.5 Å². The molecule has 4 N–H and O–H groups in total. The van der Waals surface area contributed by atoms with Crippen LogP contribution in [0, 0.1) is 0 Å². The molecule has 0 saturated carbocycles. The van der Waals surface area contributed by atoms with E-state index < -0.39 is 17.9 Å². The molecule has 0 aromatic heterocycles. The molecule has 0 fully saturated rings. The zero-order chi connectivity index (χ0) is 11.1. The molecule has 5 nitrogen and oxygen atoms in total. The average Bonchev–Trinajstić information content (AvgIpc) is 2.10. The predicted molar refractivity (Wildman–Crippen MR) is 54.3 cm³/mol. The number of hydrogen-bond donors (Lipinski definition) is 2. The highest BCUT2D eigenvalue weighted by Crippen LogP contribution is 2.01. The van der Waals surface area contributed by atoms with Crippen molar-refractivity contribution in [3.8, 4) is 0 Å². The Morgan fingerprint density at radius 2 is 1.93 bits per heavy atom. The van der Waals surface area contributed by atoms with Gasteiger partial charge in [0.15, 0.2) is 0 Å². The van der Waals surface area contributed by atoms with E-state index in [1.54, 1.807) is 11.8 Å². The molecule has 0 aromatic rings. The molecule has 0 rings (SSSR count). The topological polar surface area (TPSA) is 89.4 Å². The van der Waals surface area contributed by atoms with Gasteiger partial charge < -0.3 is 11.5 Å². The molecule has 1 atom stereocenters. The standard InChI is InChI=1S/C9H19N3O2/c1-3-4-5-12(6-8(10)13)7(2)9(11)14/h7H,3-6H2,1-2H3,(H2,10,13)(H2,11,14). The van der Waals surface area contributed by atoms with Gasteiger partial charge in [-0.3, -0.25) is 14.5 Å². The van der Waals surface area contributed by atoms with Crippen molar-refractivity contribution < 1.29 is 9.59 Å². The summed E-state index contributed by atoms with van der Waals surface area (Å²) in [5, 5.41) is 0. The number of nitrogens with two attached hydrogens (primary N) is 2. The normalized spacial score (nSPS) is 12.8. The van der Waals surface area contributed by atoms with Crippen LogP contribution in [0.5, 0.6) is 0 Å². The van der Waals surface area contributed by atoms with Crippen LogP contribution in [0.3, 0.4) is 0 Å². The summed E-state index contributed by atoms with van der Waals surface area (Å²) in [6.45, 7) is 4.48. The van der Waals surface area contributed by atoms with Crippen LogP contribution < -0.4 is 11.5 Å². The van der Waals surface area contributed by atoms with Crippen LogP contribution in [0.25, 0.3) is 0 Å². The number of unbranched alkanes of at least 4 members (excludes halogenated alkanes) is 1. The third-order valence-corrected chi connectivity index (χ3v) is 2.12. The minimum absolute atomic E-state index is 0.0874. The van der Waals surface area contributed by atoms with E-state index in [-0.39, 0.29) is 6.54 Å².